The second-order valence-corrected chi connectivity index (χ2v) is 4.35. The number of aromatic nitrogens is 1. The molecule has 2 unspecified atom stereocenters. The maximum Gasteiger partial charge on any atom is 0.166 e. The van der Waals surface area contributed by atoms with Crippen LogP contribution < -0.4 is 10.5 Å². The summed E-state index contributed by atoms with van der Waals surface area (Å²) in [5, 5.41) is 0. The summed E-state index contributed by atoms with van der Waals surface area (Å²) in [4.78, 5) is 4.00. The molecule has 0 radical (unpaired) electrons. The van der Waals surface area contributed by atoms with E-state index in [1.54, 1.807) is 6.20 Å². The average molecular weight is 190 g/mol. The maximum atomic E-state index is 5.82. The Balaban J connectivity index is 1.69. The van der Waals surface area contributed by atoms with E-state index in [0.717, 1.165) is 17.6 Å². The molecule has 0 saturated heterocycles. The highest BCUT2D eigenvalue weighted by atomic mass is 16.5. The van der Waals surface area contributed by atoms with Crippen molar-refractivity contribution in [3.8, 4) is 5.75 Å². The van der Waals surface area contributed by atoms with E-state index < -0.39 is 0 Å². The molecule has 1 aromatic heterocycles. The number of anilines is 1. The van der Waals surface area contributed by atoms with E-state index in [1.807, 2.05) is 12.1 Å². The van der Waals surface area contributed by atoms with Gasteiger partial charge in [0.2, 0.25) is 0 Å². The second-order valence-electron chi connectivity index (χ2n) is 4.35. The number of nitrogens with two attached hydrogens (primary N) is 1. The molecule has 3 heteroatoms. The molecular formula is C11H14N2O. The lowest BCUT2D eigenvalue weighted by Gasteiger charge is -2.15. The average Bonchev–Trinajstić information content (AvgIpc) is 2.79. The van der Waals surface area contributed by atoms with Crippen LogP contribution in [0.4, 0.5) is 5.82 Å². The van der Waals surface area contributed by atoms with Gasteiger partial charge in [-0.25, -0.2) is 4.98 Å². The van der Waals surface area contributed by atoms with Crippen LogP contribution >= 0.6 is 0 Å². The zero-order chi connectivity index (χ0) is 9.54. The monoisotopic (exact) mass is 190 g/mol. The fourth-order valence-corrected chi connectivity index (χ4v) is 2.44. The van der Waals surface area contributed by atoms with Crippen molar-refractivity contribution in [2.75, 3.05) is 5.73 Å². The Morgan fingerprint density at radius 3 is 2.79 bits per heavy atom. The van der Waals surface area contributed by atoms with Crippen molar-refractivity contribution < 1.29 is 4.74 Å². The van der Waals surface area contributed by atoms with Gasteiger partial charge < -0.3 is 10.5 Å². The third-order valence-electron chi connectivity index (χ3n) is 3.29. The summed E-state index contributed by atoms with van der Waals surface area (Å²) in [6, 6.07) is 3.76. The van der Waals surface area contributed by atoms with Gasteiger partial charge in [0, 0.05) is 6.20 Å². The molecule has 74 valence electrons. The van der Waals surface area contributed by atoms with Crippen LogP contribution in [0.3, 0.4) is 0 Å². The van der Waals surface area contributed by atoms with E-state index in [1.165, 1.54) is 19.3 Å². The largest absolute Gasteiger partial charge is 0.487 e. The molecule has 0 amide bonds. The van der Waals surface area contributed by atoms with Crippen LogP contribution in [-0.4, -0.2) is 11.1 Å². The smallest absolute Gasteiger partial charge is 0.166 e. The predicted octanol–water partition coefficient (Wildman–Crippen LogP) is 1.84. The fourth-order valence-electron chi connectivity index (χ4n) is 2.44. The zero-order valence-electron chi connectivity index (χ0n) is 8.02. The normalized spacial score (nSPS) is 33.9. The highest BCUT2D eigenvalue weighted by Crippen LogP contribution is 2.52. The van der Waals surface area contributed by atoms with Gasteiger partial charge in [0.25, 0.3) is 0 Å². The summed E-state index contributed by atoms with van der Waals surface area (Å²) in [6.07, 6.45) is 5.90. The zero-order valence-corrected chi connectivity index (χ0v) is 8.02. The Morgan fingerprint density at radius 1 is 1.29 bits per heavy atom. The Labute approximate surface area is 83.3 Å². The molecule has 14 heavy (non-hydrogen) atoms. The van der Waals surface area contributed by atoms with E-state index in [4.69, 9.17) is 10.5 Å². The van der Waals surface area contributed by atoms with Crippen LogP contribution in [0.5, 0.6) is 5.75 Å². The second kappa shape index (κ2) is 2.87. The van der Waals surface area contributed by atoms with Gasteiger partial charge in [-0.05, 0) is 43.2 Å². The first-order chi connectivity index (χ1) is 6.83. The Morgan fingerprint density at radius 2 is 2.07 bits per heavy atom. The van der Waals surface area contributed by atoms with Crippen LogP contribution in [0.2, 0.25) is 0 Å². The van der Waals surface area contributed by atoms with Gasteiger partial charge in [-0.3, -0.25) is 0 Å². The summed E-state index contributed by atoms with van der Waals surface area (Å²) >= 11 is 0. The van der Waals surface area contributed by atoms with Gasteiger partial charge in [0.05, 0.1) is 6.10 Å². The van der Waals surface area contributed by atoms with E-state index in [9.17, 15) is 0 Å². The summed E-state index contributed by atoms with van der Waals surface area (Å²) in [6.45, 7) is 0. The Bertz CT molecular complexity index is 343. The number of pyridine rings is 1. The molecule has 2 atom stereocenters. The first kappa shape index (κ1) is 8.09. The topological polar surface area (TPSA) is 48.1 Å². The van der Waals surface area contributed by atoms with Gasteiger partial charge >= 0.3 is 0 Å². The first-order valence-electron chi connectivity index (χ1n) is 5.20. The van der Waals surface area contributed by atoms with Gasteiger partial charge in [0.15, 0.2) is 11.6 Å². The highest BCUT2D eigenvalue weighted by Gasteiger charge is 2.46. The SMILES string of the molecule is Nc1ncccc1OC1CC2CC2C1. The molecule has 3 rings (SSSR count). The number of rotatable bonds is 2. The Hall–Kier alpha value is -1.25. The fraction of sp³-hybridized carbons (Fsp3) is 0.545. The molecule has 2 saturated carbocycles. The van der Waals surface area contributed by atoms with E-state index >= 15 is 0 Å². The van der Waals surface area contributed by atoms with Crippen molar-refractivity contribution in [1.29, 1.82) is 0 Å². The molecule has 0 aliphatic heterocycles. The van der Waals surface area contributed by atoms with E-state index in [-0.39, 0.29) is 0 Å². The van der Waals surface area contributed by atoms with Gasteiger partial charge in [-0.15, -0.1) is 0 Å². The molecule has 2 N–H and O–H groups in total. The summed E-state index contributed by atoms with van der Waals surface area (Å²) in [7, 11) is 0. The lowest BCUT2D eigenvalue weighted by molar-refractivity contribution is 0.195. The molecule has 2 fully saturated rings. The van der Waals surface area contributed by atoms with Crippen LogP contribution in [-0.2, 0) is 0 Å². The number of hydrogen-bond donors (Lipinski definition) is 1. The lowest BCUT2D eigenvalue weighted by atomic mass is 10.2. The summed E-state index contributed by atoms with van der Waals surface area (Å²) in [5.74, 6) is 3.14. The van der Waals surface area contributed by atoms with Crippen molar-refractivity contribution in [2.45, 2.75) is 25.4 Å². The molecule has 0 spiro atoms. The highest BCUT2D eigenvalue weighted by molar-refractivity contribution is 5.44. The van der Waals surface area contributed by atoms with Crippen molar-refractivity contribution >= 4 is 5.82 Å². The first-order valence-corrected chi connectivity index (χ1v) is 5.20. The lowest BCUT2D eigenvalue weighted by Crippen LogP contribution is -2.14. The quantitative estimate of drug-likeness (QED) is 0.774. The minimum absolute atomic E-state index is 0.380. The van der Waals surface area contributed by atoms with Crippen molar-refractivity contribution in [3.05, 3.63) is 18.3 Å². The third kappa shape index (κ3) is 1.33. The van der Waals surface area contributed by atoms with Gasteiger partial charge in [0.1, 0.15) is 0 Å². The standard InChI is InChI=1S/C11H14N2O/c12-11-10(2-1-3-13-11)14-9-5-7-4-8(7)6-9/h1-3,7-9H,4-6H2,(H2,12,13). The summed E-state index contributed by atoms with van der Waals surface area (Å²) < 4.78 is 5.82. The van der Waals surface area contributed by atoms with Crippen molar-refractivity contribution in [1.82, 2.24) is 4.98 Å². The summed E-state index contributed by atoms with van der Waals surface area (Å²) in [5.41, 5.74) is 5.71. The van der Waals surface area contributed by atoms with Crippen LogP contribution in [0.1, 0.15) is 19.3 Å². The van der Waals surface area contributed by atoms with Crippen LogP contribution in [0, 0.1) is 11.8 Å². The van der Waals surface area contributed by atoms with Crippen LogP contribution in [0.15, 0.2) is 18.3 Å². The predicted molar refractivity (Wildman–Crippen MR) is 53.9 cm³/mol. The molecule has 1 aromatic rings. The molecule has 1 heterocycles. The number of nitrogen functional groups attached to an aromatic ring is 1. The van der Waals surface area contributed by atoms with Crippen molar-refractivity contribution in [2.24, 2.45) is 11.8 Å². The third-order valence-corrected chi connectivity index (χ3v) is 3.29. The number of nitrogens with zero attached hydrogens (tertiary/aromatic N) is 1. The van der Waals surface area contributed by atoms with E-state index in [2.05, 4.69) is 4.98 Å². The Kier molecular flexibility index (Phi) is 1.66. The minimum Gasteiger partial charge on any atom is -0.487 e. The van der Waals surface area contributed by atoms with E-state index in [0.29, 0.717) is 11.9 Å². The molecule has 0 aromatic carbocycles. The number of hydrogen-bond acceptors (Lipinski definition) is 3. The molecular weight excluding hydrogens is 176 g/mol. The minimum atomic E-state index is 0.380. The molecule has 0 bridgehead atoms. The molecule has 3 nitrogen and oxygen atoms in total. The van der Waals surface area contributed by atoms with Crippen molar-refractivity contribution in [3.63, 3.8) is 0 Å². The van der Waals surface area contributed by atoms with Crippen LogP contribution in [0.25, 0.3) is 0 Å². The maximum absolute atomic E-state index is 5.82. The van der Waals surface area contributed by atoms with Gasteiger partial charge in [-0.2, -0.15) is 0 Å². The molecule has 2 aliphatic rings. The number of fused-ring (bicyclic) bond motifs is 1. The molecule has 2 aliphatic carbocycles. The number of ether oxygens (including phenoxy) is 1. The van der Waals surface area contributed by atoms with Gasteiger partial charge in [-0.1, -0.05) is 0 Å².